The number of hydrogen-bond donors (Lipinski definition) is 4. The number of dihydropyridines is 2. The zero-order chi connectivity index (χ0) is 19.4. The van der Waals surface area contributed by atoms with Crippen LogP contribution in [-0.2, 0) is 4.79 Å². The maximum absolute atomic E-state index is 12.4. The fourth-order valence-corrected chi connectivity index (χ4v) is 2.56. The maximum atomic E-state index is 12.4. The van der Waals surface area contributed by atoms with Gasteiger partial charge in [-0.05, 0) is 35.9 Å². The third-order valence-corrected chi connectivity index (χ3v) is 3.76. The molecule has 142 valence electrons. The summed E-state index contributed by atoms with van der Waals surface area (Å²) in [5.74, 6) is -0.787. The van der Waals surface area contributed by atoms with Crippen molar-refractivity contribution in [1.82, 2.24) is 10.6 Å². The van der Waals surface area contributed by atoms with Gasteiger partial charge in [0.2, 0.25) is 0 Å². The van der Waals surface area contributed by atoms with E-state index in [0.717, 1.165) is 17.7 Å². The zero-order valence-electron chi connectivity index (χ0n) is 13.9. The smallest absolute Gasteiger partial charge is 0.494 e. The molecule has 0 aromatic heterocycles. The quantitative estimate of drug-likeness (QED) is 0.647. The number of halogens is 3. The Hall–Kier alpha value is -3.36. The summed E-state index contributed by atoms with van der Waals surface area (Å²) in [6.07, 6.45) is 2.00. The minimum absolute atomic E-state index is 0.0347. The summed E-state index contributed by atoms with van der Waals surface area (Å²) in [6.45, 7) is 0.957. The van der Waals surface area contributed by atoms with Crippen LogP contribution in [0.5, 0.6) is 5.75 Å². The zero-order valence-corrected chi connectivity index (χ0v) is 13.9. The SMILES string of the molecule is O=C(Nc1ccc(OC(F)(F)F)cc1)C1=CNCC(C2=C(O)NCC=C2)=C1. The molecule has 6 nitrogen and oxygen atoms in total. The van der Waals surface area contributed by atoms with E-state index in [1.54, 1.807) is 12.2 Å². The Morgan fingerprint density at radius 2 is 1.96 bits per heavy atom. The van der Waals surface area contributed by atoms with Crippen LogP contribution in [-0.4, -0.2) is 30.5 Å². The molecule has 0 radical (unpaired) electrons. The highest BCUT2D eigenvalue weighted by Crippen LogP contribution is 2.25. The van der Waals surface area contributed by atoms with Crippen molar-refractivity contribution in [3.05, 3.63) is 71.3 Å². The Balaban J connectivity index is 1.69. The van der Waals surface area contributed by atoms with Crippen LogP contribution in [0.3, 0.4) is 0 Å². The minimum Gasteiger partial charge on any atom is -0.494 e. The number of aliphatic hydroxyl groups is 1. The van der Waals surface area contributed by atoms with E-state index in [1.807, 2.05) is 6.08 Å². The number of alkyl halides is 3. The van der Waals surface area contributed by atoms with E-state index in [0.29, 0.717) is 29.9 Å². The number of allylic oxidation sites excluding steroid dienone is 1. The third-order valence-electron chi connectivity index (χ3n) is 3.76. The van der Waals surface area contributed by atoms with Crippen LogP contribution in [0, 0.1) is 0 Å². The summed E-state index contributed by atoms with van der Waals surface area (Å²) in [5.41, 5.74) is 1.93. The van der Waals surface area contributed by atoms with Crippen molar-refractivity contribution in [3.8, 4) is 5.75 Å². The van der Waals surface area contributed by atoms with Gasteiger partial charge in [-0.1, -0.05) is 12.2 Å². The van der Waals surface area contributed by atoms with Crippen molar-refractivity contribution < 1.29 is 27.8 Å². The molecule has 1 amide bonds. The van der Waals surface area contributed by atoms with Crippen LogP contribution in [0.1, 0.15) is 0 Å². The standard InChI is InChI=1S/C18H16F3N3O3/c19-18(20,21)27-14-5-3-13(4-6-14)24-16(25)12-8-11(9-22-10-12)15-2-1-7-23-17(15)26/h1-6,8,10,22-23,26H,7,9H2,(H,24,25). The van der Waals surface area contributed by atoms with E-state index < -0.39 is 12.3 Å². The lowest BCUT2D eigenvalue weighted by Gasteiger charge is -2.19. The molecule has 0 saturated heterocycles. The molecule has 1 aromatic rings. The number of amides is 1. The van der Waals surface area contributed by atoms with Gasteiger partial charge in [0.25, 0.3) is 5.91 Å². The largest absolute Gasteiger partial charge is 0.573 e. The first-order valence-corrected chi connectivity index (χ1v) is 7.97. The summed E-state index contributed by atoms with van der Waals surface area (Å²) in [4.78, 5) is 12.4. The lowest BCUT2D eigenvalue weighted by Crippen LogP contribution is -2.25. The highest BCUT2D eigenvalue weighted by atomic mass is 19.4. The third kappa shape index (κ3) is 4.84. The summed E-state index contributed by atoms with van der Waals surface area (Å²) >= 11 is 0. The van der Waals surface area contributed by atoms with Gasteiger partial charge >= 0.3 is 6.36 Å². The molecule has 3 rings (SSSR count). The lowest BCUT2D eigenvalue weighted by molar-refractivity contribution is -0.274. The number of ether oxygens (including phenoxy) is 1. The van der Waals surface area contributed by atoms with E-state index >= 15 is 0 Å². The predicted octanol–water partition coefficient (Wildman–Crippen LogP) is 2.87. The average molecular weight is 379 g/mol. The molecule has 2 aliphatic rings. The fourth-order valence-electron chi connectivity index (χ4n) is 2.56. The molecule has 0 fully saturated rings. The van der Waals surface area contributed by atoms with E-state index in [9.17, 15) is 23.1 Å². The van der Waals surface area contributed by atoms with Crippen LogP contribution < -0.4 is 20.7 Å². The Morgan fingerprint density at radius 3 is 2.63 bits per heavy atom. The molecule has 4 N–H and O–H groups in total. The summed E-state index contributed by atoms with van der Waals surface area (Å²) in [6, 6.07) is 4.84. The molecule has 2 heterocycles. The molecular formula is C18H16F3N3O3. The first-order valence-electron chi connectivity index (χ1n) is 7.97. The van der Waals surface area contributed by atoms with Crippen molar-refractivity contribution in [2.24, 2.45) is 0 Å². The van der Waals surface area contributed by atoms with E-state index in [1.165, 1.54) is 18.3 Å². The molecule has 0 saturated carbocycles. The molecule has 0 aliphatic carbocycles. The molecule has 0 bridgehead atoms. The molecule has 27 heavy (non-hydrogen) atoms. The Kier molecular flexibility index (Phi) is 5.11. The number of benzene rings is 1. The summed E-state index contributed by atoms with van der Waals surface area (Å²) in [7, 11) is 0. The van der Waals surface area contributed by atoms with Crippen LogP contribution in [0.2, 0.25) is 0 Å². The van der Waals surface area contributed by atoms with Crippen LogP contribution >= 0.6 is 0 Å². The van der Waals surface area contributed by atoms with Gasteiger partial charge in [0, 0.05) is 30.5 Å². The number of anilines is 1. The van der Waals surface area contributed by atoms with E-state index in [-0.39, 0.29) is 11.6 Å². The predicted molar refractivity (Wildman–Crippen MR) is 92.7 cm³/mol. The fraction of sp³-hybridized carbons (Fsp3) is 0.167. The highest BCUT2D eigenvalue weighted by molar-refractivity contribution is 6.06. The topological polar surface area (TPSA) is 82.6 Å². The highest BCUT2D eigenvalue weighted by Gasteiger charge is 2.31. The monoisotopic (exact) mass is 379 g/mol. The molecule has 1 aromatic carbocycles. The number of nitrogens with one attached hydrogen (secondary N) is 3. The van der Waals surface area contributed by atoms with Gasteiger partial charge in [-0.25, -0.2) is 0 Å². The second kappa shape index (κ2) is 7.48. The van der Waals surface area contributed by atoms with Crippen LogP contribution in [0.4, 0.5) is 18.9 Å². The van der Waals surface area contributed by atoms with Gasteiger partial charge in [0.05, 0.1) is 5.57 Å². The average Bonchev–Trinajstić information content (AvgIpc) is 2.62. The van der Waals surface area contributed by atoms with Gasteiger partial charge in [0.15, 0.2) is 5.88 Å². The first-order chi connectivity index (χ1) is 12.8. The molecule has 0 unspecified atom stereocenters. The summed E-state index contributed by atoms with van der Waals surface area (Å²) in [5, 5.41) is 18.3. The van der Waals surface area contributed by atoms with Crippen molar-refractivity contribution in [2.45, 2.75) is 6.36 Å². The van der Waals surface area contributed by atoms with Gasteiger partial charge in [-0.15, -0.1) is 13.2 Å². The molecule has 2 aliphatic heterocycles. The number of aliphatic hydroxyl groups excluding tert-OH is 1. The van der Waals surface area contributed by atoms with Gasteiger partial charge in [0.1, 0.15) is 5.75 Å². The number of carbonyl (C=O) groups excluding carboxylic acids is 1. The van der Waals surface area contributed by atoms with Gasteiger partial charge < -0.3 is 25.8 Å². The molecule has 9 heteroatoms. The molecule has 0 spiro atoms. The van der Waals surface area contributed by atoms with Crippen LogP contribution in [0.25, 0.3) is 0 Å². The Bertz CT molecular complexity index is 853. The lowest BCUT2D eigenvalue weighted by atomic mass is 9.99. The van der Waals surface area contributed by atoms with Crippen molar-refractivity contribution in [1.29, 1.82) is 0 Å². The molecular weight excluding hydrogens is 363 g/mol. The second-order valence-corrected chi connectivity index (χ2v) is 5.72. The second-order valence-electron chi connectivity index (χ2n) is 5.72. The van der Waals surface area contributed by atoms with Crippen molar-refractivity contribution >= 4 is 11.6 Å². The van der Waals surface area contributed by atoms with Gasteiger partial charge in [-0.2, -0.15) is 0 Å². The maximum Gasteiger partial charge on any atom is 0.573 e. The Labute approximate surface area is 152 Å². The number of rotatable bonds is 4. The van der Waals surface area contributed by atoms with Crippen LogP contribution in [0.15, 0.2) is 71.3 Å². The van der Waals surface area contributed by atoms with Crippen molar-refractivity contribution in [3.63, 3.8) is 0 Å². The number of carbonyl (C=O) groups is 1. The Morgan fingerprint density at radius 1 is 1.22 bits per heavy atom. The van der Waals surface area contributed by atoms with E-state index in [4.69, 9.17) is 0 Å². The first kappa shape index (κ1) is 18.4. The number of hydrogen-bond acceptors (Lipinski definition) is 5. The molecule has 0 atom stereocenters. The van der Waals surface area contributed by atoms with E-state index in [2.05, 4.69) is 20.7 Å². The normalized spacial score (nSPS) is 16.7. The van der Waals surface area contributed by atoms with Gasteiger partial charge in [-0.3, -0.25) is 4.79 Å². The summed E-state index contributed by atoms with van der Waals surface area (Å²) < 4.78 is 40.3. The van der Waals surface area contributed by atoms with Crippen molar-refractivity contribution in [2.75, 3.05) is 18.4 Å². The minimum atomic E-state index is -4.77.